The molecule has 2 aromatic rings. The molecule has 3 N–H and O–H groups in total. The zero-order valence-corrected chi connectivity index (χ0v) is 10.9. The number of nitrogens with two attached hydrogens (primary N) is 1. The van der Waals surface area contributed by atoms with Gasteiger partial charge < -0.3 is 15.4 Å². The summed E-state index contributed by atoms with van der Waals surface area (Å²) in [5.74, 6) is 0.530. The molecule has 0 aliphatic carbocycles. The first-order chi connectivity index (χ1) is 8.11. The first-order valence-electron chi connectivity index (χ1n) is 4.77. The fourth-order valence-corrected chi connectivity index (χ4v) is 1.99. The molecule has 0 aliphatic heterocycles. The van der Waals surface area contributed by atoms with Crippen LogP contribution in [0.1, 0.15) is 11.9 Å². The van der Waals surface area contributed by atoms with Crippen LogP contribution in [0.4, 0.5) is 0 Å². The van der Waals surface area contributed by atoms with E-state index in [1.165, 1.54) is 0 Å². The van der Waals surface area contributed by atoms with E-state index in [4.69, 9.17) is 27.0 Å². The van der Waals surface area contributed by atoms with E-state index >= 15 is 0 Å². The summed E-state index contributed by atoms with van der Waals surface area (Å²) in [5, 5.41) is 13.1. The van der Waals surface area contributed by atoms with E-state index < -0.39 is 6.04 Å². The lowest BCUT2D eigenvalue weighted by Crippen LogP contribution is -2.15. The normalized spacial score (nSPS) is 12.7. The molecule has 90 valence electrons. The van der Waals surface area contributed by atoms with Gasteiger partial charge in [-0.3, -0.25) is 0 Å². The van der Waals surface area contributed by atoms with Crippen molar-refractivity contribution < 1.29 is 9.63 Å². The molecule has 0 fully saturated rings. The van der Waals surface area contributed by atoms with Crippen LogP contribution < -0.4 is 5.73 Å². The maximum atomic E-state index is 8.88. The Morgan fingerprint density at radius 1 is 1.53 bits per heavy atom. The van der Waals surface area contributed by atoms with Crippen molar-refractivity contribution in [3.05, 3.63) is 33.5 Å². The topological polar surface area (TPSA) is 85.2 Å². The molecule has 2 rings (SSSR count). The van der Waals surface area contributed by atoms with Crippen LogP contribution in [0.5, 0.6) is 0 Å². The van der Waals surface area contributed by atoms with Gasteiger partial charge in [-0.05, 0) is 18.2 Å². The molecular weight excluding hydrogens is 309 g/mol. The Bertz CT molecular complexity index is 532. The smallest absolute Gasteiger partial charge is 0.259 e. The van der Waals surface area contributed by atoms with E-state index in [0.717, 1.165) is 4.47 Å². The highest BCUT2D eigenvalue weighted by atomic mass is 79.9. The number of aliphatic hydroxyl groups is 1. The highest BCUT2D eigenvalue weighted by Gasteiger charge is 2.16. The lowest BCUT2D eigenvalue weighted by atomic mass is 10.2. The molecular formula is C10H9BrClN3O2. The van der Waals surface area contributed by atoms with Gasteiger partial charge in [0.05, 0.1) is 23.2 Å². The lowest BCUT2D eigenvalue weighted by Gasteiger charge is -2.00. The standard InChI is InChI=1S/C10H9BrClN3O2/c11-5-1-2-6(7(12)3-5)10-14-9(15-17-10)8(13)4-16/h1-3,8,16H,4,13H2. The Balaban J connectivity index is 2.37. The Labute approximate surface area is 111 Å². The Morgan fingerprint density at radius 2 is 2.29 bits per heavy atom. The average Bonchev–Trinajstić information content (AvgIpc) is 2.77. The molecule has 0 amide bonds. The molecule has 1 unspecified atom stereocenters. The van der Waals surface area contributed by atoms with E-state index in [1.54, 1.807) is 12.1 Å². The van der Waals surface area contributed by atoms with Gasteiger partial charge in [-0.1, -0.05) is 32.7 Å². The lowest BCUT2D eigenvalue weighted by molar-refractivity contribution is 0.260. The molecule has 0 bridgehead atoms. The summed E-state index contributed by atoms with van der Waals surface area (Å²) in [6, 6.07) is 4.65. The number of aliphatic hydroxyl groups excluding tert-OH is 1. The van der Waals surface area contributed by atoms with Crippen LogP contribution in [0, 0.1) is 0 Å². The fourth-order valence-electron chi connectivity index (χ4n) is 1.24. The predicted molar refractivity (Wildman–Crippen MR) is 66.5 cm³/mol. The molecule has 0 radical (unpaired) electrons. The Hall–Kier alpha value is -0.950. The number of aromatic nitrogens is 2. The van der Waals surface area contributed by atoms with Crippen molar-refractivity contribution in [2.24, 2.45) is 5.73 Å². The van der Waals surface area contributed by atoms with Gasteiger partial charge in [0.1, 0.15) is 0 Å². The van der Waals surface area contributed by atoms with Crippen molar-refractivity contribution in [3.8, 4) is 11.5 Å². The van der Waals surface area contributed by atoms with E-state index in [2.05, 4.69) is 26.1 Å². The number of halogens is 2. The molecule has 0 saturated carbocycles. The van der Waals surface area contributed by atoms with Gasteiger partial charge in [0, 0.05) is 4.47 Å². The predicted octanol–water partition coefficient (Wildman–Crippen LogP) is 2.14. The Morgan fingerprint density at radius 3 is 2.94 bits per heavy atom. The summed E-state index contributed by atoms with van der Waals surface area (Å²) in [6.07, 6.45) is 0. The van der Waals surface area contributed by atoms with Crippen LogP contribution >= 0.6 is 27.5 Å². The quantitative estimate of drug-likeness (QED) is 0.905. The van der Waals surface area contributed by atoms with Crippen molar-refractivity contribution in [1.82, 2.24) is 10.1 Å². The average molecular weight is 319 g/mol. The van der Waals surface area contributed by atoms with Crippen molar-refractivity contribution in [2.45, 2.75) is 6.04 Å². The van der Waals surface area contributed by atoms with Crippen LogP contribution in [-0.4, -0.2) is 21.9 Å². The van der Waals surface area contributed by atoms with Gasteiger partial charge in [-0.15, -0.1) is 0 Å². The van der Waals surface area contributed by atoms with Crippen LogP contribution in [-0.2, 0) is 0 Å². The minimum Gasteiger partial charge on any atom is -0.394 e. The molecule has 0 saturated heterocycles. The summed E-state index contributed by atoms with van der Waals surface area (Å²) in [6.45, 7) is -0.243. The minimum atomic E-state index is -0.651. The van der Waals surface area contributed by atoms with E-state index in [1.807, 2.05) is 6.07 Å². The zero-order chi connectivity index (χ0) is 12.4. The number of nitrogens with zero attached hydrogens (tertiary/aromatic N) is 2. The van der Waals surface area contributed by atoms with Crippen LogP contribution in [0.15, 0.2) is 27.2 Å². The SMILES string of the molecule is NC(CO)c1noc(-c2ccc(Br)cc2Cl)n1. The summed E-state index contributed by atoms with van der Waals surface area (Å²) >= 11 is 9.35. The molecule has 1 heterocycles. The second-order valence-electron chi connectivity index (χ2n) is 3.37. The Kier molecular flexibility index (Phi) is 3.78. The number of benzene rings is 1. The first kappa shape index (κ1) is 12.5. The summed E-state index contributed by atoms with van der Waals surface area (Å²) in [5.41, 5.74) is 6.20. The van der Waals surface area contributed by atoms with Gasteiger partial charge in [0.15, 0.2) is 5.82 Å². The molecule has 17 heavy (non-hydrogen) atoms. The minimum absolute atomic E-state index is 0.243. The largest absolute Gasteiger partial charge is 0.394 e. The second-order valence-corrected chi connectivity index (χ2v) is 4.69. The van der Waals surface area contributed by atoms with Crippen molar-refractivity contribution in [1.29, 1.82) is 0 Å². The maximum absolute atomic E-state index is 8.88. The maximum Gasteiger partial charge on any atom is 0.259 e. The van der Waals surface area contributed by atoms with E-state index in [0.29, 0.717) is 10.6 Å². The number of hydrogen-bond acceptors (Lipinski definition) is 5. The van der Waals surface area contributed by atoms with E-state index in [9.17, 15) is 0 Å². The van der Waals surface area contributed by atoms with Gasteiger partial charge in [-0.2, -0.15) is 4.98 Å². The molecule has 5 nitrogen and oxygen atoms in total. The van der Waals surface area contributed by atoms with Gasteiger partial charge in [0.25, 0.3) is 5.89 Å². The molecule has 0 spiro atoms. The zero-order valence-electron chi connectivity index (χ0n) is 8.60. The number of hydrogen-bond donors (Lipinski definition) is 2. The first-order valence-corrected chi connectivity index (χ1v) is 5.94. The van der Waals surface area contributed by atoms with Gasteiger partial charge in [0.2, 0.25) is 0 Å². The second kappa shape index (κ2) is 5.14. The van der Waals surface area contributed by atoms with Crippen LogP contribution in [0.25, 0.3) is 11.5 Å². The third-order valence-electron chi connectivity index (χ3n) is 2.13. The third-order valence-corrected chi connectivity index (χ3v) is 2.94. The van der Waals surface area contributed by atoms with Gasteiger partial charge >= 0.3 is 0 Å². The molecule has 1 aromatic carbocycles. The third kappa shape index (κ3) is 2.66. The summed E-state index contributed by atoms with van der Waals surface area (Å²) in [4.78, 5) is 4.08. The molecule has 1 atom stereocenters. The highest BCUT2D eigenvalue weighted by molar-refractivity contribution is 9.10. The molecule has 0 aliphatic rings. The van der Waals surface area contributed by atoms with Crippen molar-refractivity contribution >= 4 is 27.5 Å². The highest BCUT2D eigenvalue weighted by Crippen LogP contribution is 2.29. The monoisotopic (exact) mass is 317 g/mol. The van der Waals surface area contributed by atoms with E-state index in [-0.39, 0.29) is 18.3 Å². The fraction of sp³-hybridized carbons (Fsp3) is 0.200. The van der Waals surface area contributed by atoms with Crippen molar-refractivity contribution in [3.63, 3.8) is 0 Å². The number of rotatable bonds is 3. The molecule has 1 aromatic heterocycles. The van der Waals surface area contributed by atoms with Crippen LogP contribution in [0.3, 0.4) is 0 Å². The van der Waals surface area contributed by atoms with Gasteiger partial charge in [-0.25, -0.2) is 0 Å². The summed E-state index contributed by atoms with van der Waals surface area (Å²) < 4.78 is 5.90. The summed E-state index contributed by atoms with van der Waals surface area (Å²) in [7, 11) is 0. The molecule has 7 heteroatoms. The van der Waals surface area contributed by atoms with Crippen LogP contribution in [0.2, 0.25) is 5.02 Å². The van der Waals surface area contributed by atoms with Crippen molar-refractivity contribution in [2.75, 3.05) is 6.61 Å².